The van der Waals surface area contributed by atoms with Gasteiger partial charge in [-0.3, -0.25) is 117 Å². The van der Waals surface area contributed by atoms with Gasteiger partial charge in [-0.05, 0) is 97.1 Å². The molecule has 14 rings (SSSR count). The highest BCUT2D eigenvalue weighted by Crippen LogP contribution is 2.38. The number of carbonyl (C=O) groups excluding carboxylic acids is 16. The second-order valence-electron chi connectivity index (χ2n) is 22.6. The smallest absolute Gasteiger partial charge is 0.263 e. The number of nitrogens with zero attached hydrogens (tertiary/aromatic N) is 6. The first-order valence-electron chi connectivity index (χ1n) is 33.4. The quantitative estimate of drug-likeness (QED) is 0.0926. The zero-order chi connectivity index (χ0) is 75.5. The molecular weight excluding hydrogens is 1310 g/mol. The number of amides is 16. The lowest BCUT2D eigenvalue weighted by Crippen LogP contribution is -2.57. The molecule has 4 fully saturated rings. The summed E-state index contributed by atoms with van der Waals surface area (Å²) >= 11 is 0. The summed E-state index contributed by atoms with van der Waals surface area (Å²) in [7, 11) is 6.22. The van der Waals surface area contributed by atoms with Crippen molar-refractivity contribution >= 4 is 127 Å². The molecule has 6 aromatic carbocycles. The number of likely N-dealkylation sites (N-methyl/N-ethyl adjacent to an activating group) is 2. The highest BCUT2D eigenvalue weighted by atomic mass is 16.2. The Bertz CT molecular complexity index is 4640. The first kappa shape index (κ1) is 77.0. The Morgan fingerprint density at radius 1 is 0.373 bits per heavy atom. The summed E-state index contributed by atoms with van der Waals surface area (Å²) in [5, 5.41) is 13.1. The zero-order valence-corrected chi connectivity index (χ0v) is 58.6. The molecule has 0 aromatic heterocycles. The van der Waals surface area contributed by atoms with E-state index in [1.54, 1.807) is 74.8 Å². The molecule has 0 radical (unpaired) electrons. The first-order valence-corrected chi connectivity index (χ1v) is 33.4. The number of nitrogens with one attached hydrogen (secondary N) is 4. The van der Waals surface area contributed by atoms with Crippen LogP contribution >= 0.6 is 0 Å². The Labute approximate surface area is 588 Å². The van der Waals surface area contributed by atoms with Crippen molar-refractivity contribution in [2.24, 2.45) is 0 Å². The molecule has 102 heavy (non-hydrogen) atoms. The highest BCUT2D eigenvalue weighted by molar-refractivity contribution is 6.30. The van der Waals surface area contributed by atoms with Gasteiger partial charge in [-0.15, -0.1) is 12.8 Å². The van der Waals surface area contributed by atoms with Gasteiger partial charge >= 0.3 is 0 Å². The molecule has 0 bridgehead atoms. The summed E-state index contributed by atoms with van der Waals surface area (Å²) in [6, 6.07) is 23.1. The topological polar surface area (TPSA) is 341 Å². The summed E-state index contributed by atoms with van der Waals surface area (Å²) in [5.74, 6) is -3.26. The number of benzene rings is 6. The fourth-order valence-corrected chi connectivity index (χ4v) is 12.7. The Morgan fingerprint density at radius 2 is 0.667 bits per heavy atom. The second kappa shape index (κ2) is 33.0. The molecule has 528 valence electrons. The standard InChI is InChI=1S/C19H17N3O4.C18H15N3O4.C16H12N2O4.C15H10N2O4.4C2H6/c1-20-11-8-10-4-3-5-12-16(10)13(9-11)18(25)22(17(12)24)14-6-7-15(23)21(2)19(14)26;1-19-10-7-9-3-2-4-11-15(9)12(8-10)18(25)21(17(11)24)13-5-6-14(22)20-16(13)23;1-3-9-5-4-6-10-13(9)16(22)18(14(10)20)11-7-8-12(19)17(2)15(11)21;1-2-8-4-3-5-9-12(8)15(21)17(14(9)20)10-6-7-11(18)16-13(10)19;4*1-2/h3-5,8-9,14,20H,6-7H2,1-2H3;2-4,7-8,13,19H,5-6H2,1H3,(H,20,22,23);1,4-6,11H,7-8H2,2H3;1,3-5,10H,6-7H2,(H,16,18,19);4*1-2H3. The van der Waals surface area contributed by atoms with E-state index in [1.807, 2.05) is 79.7 Å². The predicted molar refractivity (Wildman–Crippen MR) is 377 cm³/mol. The molecule has 26 nitrogen and oxygen atoms in total. The lowest BCUT2D eigenvalue weighted by molar-refractivity contribution is -0.151. The lowest BCUT2D eigenvalue weighted by Gasteiger charge is -2.37. The summed E-state index contributed by atoms with van der Waals surface area (Å²) in [6.45, 7) is 16.0. The number of piperidine rings is 4. The SMILES string of the molecule is C#Cc1cccc2c1C(=O)N(C1CCC(=O)N(C)C1=O)C2=O.C#Cc1cccc2c1C(=O)N(C1CCC(=O)NC1=O)C2=O.CC.CC.CC.CC.CNc1cc2c3c(cccc3c1)C(=O)N(C1CCC(=O)N(C)C1=O)C2=O.CNc1cc2c3c(cccc3c1)C(=O)N(C1CCC(=O)NC1=O)C2=O. The van der Waals surface area contributed by atoms with Crippen LogP contribution in [0.4, 0.5) is 11.4 Å². The van der Waals surface area contributed by atoms with Crippen molar-refractivity contribution in [3.8, 4) is 24.7 Å². The van der Waals surface area contributed by atoms with E-state index in [9.17, 15) is 76.7 Å². The van der Waals surface area contributed by atoms with Gasteiger partial charge in [0.05, 0.1) is 33.4 Å². The molecule has 4 unspecified atom stereocenters. The Morgan fingerprint density at radius 3 is 1.01 bits per heavy atom. The largest absolute Gasteiger partial charge is 0.388 e. The van der Waals surface area contributed by atoms with E-state index in [-0.39, 0.29) is 85.4 Å². The number of terminal acetylenes is 2. The molecule has 8 heterocycles. The van der Waals surface area contributed by atoms with E-state index in [0.29, 0.717) is 44.2 Å². The second-order valence-corrected chi connectivity index (χ2v) is 22.6. The number of hydrogen-bond acceptors (Lipinski definition) is 18. The number of fused-ring (bicyclic) bond motifs is 2. The van der Waals surface area contributed by atoms with E-state index in [4.69, 9.17) is 12.8 Å². The molecular formula is C76H78N10O16. The van der Waals surface area contributed by atoms with Crippen LogP contribution in [0, 0.1) is 24.7 Å². The number of likely N-dealkylation sites (tertiary alicyclic amines) is 2. The number of hydrogen-bond donors (Lipinski definition) is 4. The maximum Gasteiger partial charge on any atom is 0.263 e. The summed E-state index contributed by atoms with van der Waals surface area (Å²) in [6.07, 6.45) is 11.7. The van der Waals surface area contributed by atoms with Crippen LogP contribution in [0.5, 0.6) is 0 Å². The molecule has 8 aliphatic heterocycles. The van der Waals surface area contributed by atoms with Crippen molar-refractivity contribution in [1.29, 1.82) is 0 Å². The minimum atomic E-state index is -0.973. The van der Waals surface area contributed by atoms with E-state index in [2.05, 4.69) is 33.1 Å². The maximum absolute atomic E-state index is 13.1. The van der Waals surface area contributed by atoms with Crippen LogP contribution in [-0.2, 0) is 38.4 Å². The van der Waals surface area contributed by atoms with Crippen molar-refractivity contribution in [3.63, 3.8) is 0 Å². The van der Waals surface area contributed by atoms with Gasteiger partial charge in [0.1, 0.15) is 24.2 Å². The molecule has 0 spiro atoms. The molecule has 4 N–H and O–H groups in total. The third-order valence-electron chi connectivity index (χ3n) is 17.4. The number of rotatable bonds is 6. The summed E-state index contributed by atoms with van der Waals surface area (Å²) in [5.41, 5.74) is 4.37. The molecule has 8 aliphatic rings. The lowest BCUT2D eigenvalue weighted by atomic mass is 9.91. The Kier molecular flexibility index (Phi) is 24.9. The Balaban J connectivity index is 0.000000185. The van der Waals surface area contributed by atoms with Crippen LogP contribution in [0.25, 0.3) is 21.5 Å². The van der Waals surface area contributed by atoms with Gasteiger partial charge in [0.15, 0.2) is 0 Å². The van der Waals surface area contributed by atoms with Crippen molar-refractivity contribution in [2.45, 2.75) is 131 Å². The summed E-state index contributed by atoms with van der Waals surface area (Å²) in [4.78, 5) is 202. The molecule has 16 amide bonds. The van der Waals surface area contributed by atoms with Crippen molar-refractivity contribution < 1.29 is 76.7 Å². The van der Waals surface area contributed by atoms with E-state index in [0.717, 1.165) is 51.5 Å². The normalized spacial score (nSPS) is 19.2. The minimum absolute atomic E-state index is 0.0891. The average Bonchev–Trinajstić information content (AvgIpc) is 1.06. The van der Waals surface area contributed by atoms with Crippen LogP contribution in [0.3, 0.4) is 0 Å². The van der Waals surface area contributed by atoms with E-state index >= 15 is 0 Å². The number of imide groups is 8. The van der Waals surface area contributed by atoms with Gasteiger partial charge in [0.2, 0.25) is 35.4 Å². The molecule has 6 aromatic rings. The molecule has 4 saturated heterocycles. The van der Waals surface area contributed by atoms with Crippen LogP contribution < -0.4 is 21.3 Å². The van der Waals surface area contributed by atoms with Crippen LogP contribution in [0.2, 0.25) is 0 Å². The van der Waals surface area contributed by atoms with Gasteiger partial charge in [-0.25, -0.2) is 0 Å². The van der Waals surface area contributed by atoms with Crippen LogP contribution in [0.1, 0.15) is 201 Å². The summed E-state index contributed by atoms with van der Waals surface area (Å²) < 4.78 is 0. The molecule has 4 atom stereocenters. The van der Waals surface area contributed by atoms with Crippen molar-refractivity contribution in [3.05, 3.63) is 153 Å². The molecule has 26 heteroatoms. The van der Waals surface area contributed by atoms with Crippen molar-refractivity contribution in [1.82, 2.24) is 40.0 Å². The van der Waals surface area contributed by atoms with Gasteiger partial charge in [0, 0.05) is 98.3 Å². The van der Waals surface area contributed by atoms with Crippen molar-refractivity contribution in [2.75, 3.05) is 38.8 Å². The zero-order valence-electron chi connectivity index (χ0n) is 58.6. The number of carbonyl (C=O) groups is 16. The monoisotopic (exact) mass is 1390 g/mol. The first-order chi connectivity index (χ1) is 49.0. The van der Waals surface area contributed by atoms with Gasteiger partial charge in [-0.2, -0.15) is 0 Å². The average molecular weight is 1390 g/mol. The predicted octanol–water partition coefficient (Wildman–Crippen LogP) is 7.49. The van der Waals surface area contributed by atoms with Gasteiger partial charge in [0.25, 0.3) is 59.1 Å². The van der Waals surface area contributed by atoms with Crippen LogP contribution in [0.15, 0.2) is 97.1 Å². The number of anilines is 2. The highest BCUT2D eigenvalue weighted by Gasteiger charge is 2.50. The third-order valence-corrected chi connectivity index (χ3v) is 17.4. The fourth-order valence-electron chi connectivity index (χ4n) is 12.7. The van der Waals surface area contributed by atoms with Gasteiger partial charge < -0.3 is 10.6 Å². The maximum atomic E-state index is 13.1. The van der Waals surface area contributed by atoms with Crippen LogP contribution in [-0.4, -0.2) is 176 Å². The minimum Gasteiger partial charge on any atom is -0.388 e. The van der Waals surface area contributed by atoms with E-state index in [1.165, 1.54) is 26.2 Å². The molecule has 0 saturated carbocycles. The Hall–Kier alpha value is -12.3. The fraction of sp³-hybridized carbons (Fsp3) is 0.316. The third kappa shape index (κ3) is 14.2. The van der Waals surface area contributed by atoms with E-state index < -0.39 is 107 Å². The van der Waals surface area contributed by atoms with Gasteiger partial charge in [-0.1, -0.05) is 104 Å². The molecule has 0 aliphatic carbocycles.